The molecule has 0 atom stereocenters. The van der Waals surface area contributed by atoms with Crippen LogP contribution in [-0.2, 0) is 13.5 Å². The Morgan fingerprint density at radius 3 is 2.38 bits per heavy atom. The molecule has 0 aliphatic rings. The zero-order chi connectivity index (χ0) is 10.0. The number of rotatable bonds is 3. The summed E-state index contributed by atoms with van der Waals surface area (Å²) in [5.74, 6) is 0. The molecule has 0 bridgehead atoms. The van der Waals surface area contributed by atoms with Crippen molar-refractivity contribution in [3.63, 3.8) is 0 Å². The summed E-state index contributed by atoms with van der Waals surface area (Å²) in [6, 6.07) is 2.27. The smallest absolute Gasteiger partial charge is 0.0933 e. The standard InChI is InChI=1S/C9H14I2N2/c1-12(2)5-4-7-6-8(10)9(11)13(7)3/h6H,4-5H2,1-3H3. The fourth-order valence-electron chi connectivity index (χ4n) is 1.17. The van der Waals surface area contributed by atoms with Gasteiger partial charge in [-0.25, -0.2) is 0 Å². The number of likely N-dealkylation sites (N-methyl/N-ethyl adjacent to an activating group) is 1. The monoisotopic (exact) mass is 404 g/mol. The maximum absolute atomic E-state index is 2.39. The molecule has 0 saturated carbocycles. The van der Waals surface area contributed by atoms with E-state index < -0.39 is 0 Å². The summed E-state index contributed by atoms with van der Waals surface area (Å²) in [4.78, 5) is 2.22. The molecule has 1 aromatic heterocycles. The Kier molecular flexibility index (Phi) is 4.50. The lowest BCUT2D eigenvalue weighted by atomic mass is 10.3. The summed E-state index contributed by atoms with van der Waals surface area (Å²) in [7, 11) is 6.35. The van der Waals surface area contributed by atoms with Crippen LogP contribution in [0.1, 0.15) is 5.69 Å². The zero-order valence-corrected chi connectivity index (χ0v) is 12.5. The van der Waals surface area contributed by atoms with Crippen molar-refractivity contribution in [1.29, 1.82) is 0 Å². The van der Waals surface area contributed by atoms with Crippen molar-refractivity contribution in [1.82, 2.24) is 9.47 Å². The number of halogens is 2. The second-order valence-electron chi connectivity index (χ2n) is 3.39. The average molecular weight is 404 g/mol. The Labute approximate surface area is 107 Å². The minimum absolute atomic E-state index is 1.12. The first kappa shape index (κ1) is 11.8. The quantitative estimate of drug-likeness (QED) is 0.703. The van der Waals surface area contributed by atoms with Crippen molar-refractivity contribution in [2.45, 2.75) is 6.42 Å². The van der Waals surface area contributed by atoms with Crippen LogP contribution < -0.4 is 0 Å². The Morgan fingerprint density at radius 2 is 2.00 bits per heavy atom. The van der Waals surface area contributed by atoms with Gasteiger partial charge in [-0.1, -0.05) is 0 Å². The largest absolute Gasteiger partial charge is 0.342 e. The van der Waals surface area contributed by atoms with E-state index in [9.17, 15) is 0 Å². The number of nitrogens with zero attached hydrogens (tertiary/aromatic N) is 2. The average Bonchev–Trinajstić information content (AvgIpc) is 2.29. The van der Waals surface area contributed by atoms with Crippen LogP contribution in [0, 0.1) is 7.27 Å². The predicted molar refractivity (Wildman–Crippen MR) is 73.1 cm³/mol. The highest BCUT2D eigenvalue weighted by Crippen LogP contribution is 2.19. The predicted octanol–water partition coefficient (Wildman–Crippen LogP) is 2.34. The fourth-order valence-corrected chi connectivity index (χ4v) is 2.35. The van der Waals surface area contributed by atoms with E-state index in [-0.39, 0.29) is 0 Å². The molecule has 0 radical (unpaired) electrons. The van der Waals surface area contributed by atoms with Gasteiger partial charge in [0.1, 0.15) is 0 Å². The van der Waals surface area contributed by atoms with Gasteiger partial charge < -0.3 is 9.47 Å². The molecule has 4 heteroatoms. The lowest BCUT2D eigenvalue weighted by molar-refractivity contribution is 0.409. The van der Waals surface area contributed by atoms with Crippen molar-refractivity contribution in [3.05, 3.63) is 19.0 Å². The molecule has 1 aromatic rings. The fraction of sp³-hybridized carbons (Fsp3) is 0.556. The van der Waals surface area contributed by atoms with E-state index in [0.29, 0.717) is 0 Å². The van der Waals surface area contributed by atoms with E-state index in [4.69, 9.17) is 0 Å². The van der Waals surface area contributed by atoms with Crippen LogP contribution in [0.25, 0.3) is 0 Å². The first-order valence-electron chi connectivity index (χ1n) is 4.16. The van der Waals surface area contributed by atoms with Crippen LogP contribution in [0.15, 0.2) is 6.07 Å². The van der Waals surface area contributed by atoms with Crippen molar-refractivity contribution < 1.29 is 0 Å². The molecule has 2 nitrogen and oxygen atoms in total. The number of aromatic nitrogens is 1. The third-order valence-electron chi connectivity index (χ3n) is 2.03. The molecule has 0 N–H and O–H groups in total. The molecule has 0 spiro atoms. The van der Waals surface area contributed by atoms with Crippen LogP contribution in [-0.4, -0.2) is 30.1 Å². The van der Waals surface area contributed by atoms with Gasteiger partial charge in [0.2, 0.25) is 0 Å². The summed E-state index contributed by atoms with van der Waals surface area (Å²) in [5.41, 5.74) is 1.42. The molecular formula is C9H14I2N2. The lowest BCUT2D eigenvalue weighted by Gasteiger charge is -2.09. The van der Waals surface area contributed by atoms with Crippen molar-refractivity contribution in [2.24, 2.45) is 7.05 Å². The van der Waals surface area contributed by atoms with E-state index in [0.717, 1.165) is 13.0 Å². The maximum Gasteiger partial charge on any atom is 0.0933 e. The summed E-state index contributed by atoms with van der Waals surface area (Å²) in [6.45, 7) is 1.12. The number of hydrogen-bond donors (Lipinski definition) is 0. The van der Waals surface area contributed by atoms with Gasteiger partial charge in [-0.3, -0.25) is 0 Å². The molecular weight excluding hydrogens is 390 g/mol. The maximum atomic E-state index is 2.39. The van der Waals surface area contributed by atoms with Crippen molar-refractivity contribution >= 4 is 45.2 Å². The van der Waals surface area contributed by atoms with Gasteiger partial charge in [0, 0.05) is 29.3 Å². The second kappa shape index (κ2) is 4.97. The van der Waals surface area contributed by atoms with Gasteiger partial charge in [-0.2, -0.15) is 0 Å². The molecule has 1 heterocycles. The molecule has 0 saturated heterocycles. The van der Waals surface area contributed by atoms with Gasteiger partial charge in [0.15, 0.2) is 0 Å². The Balaban J connectivity index is 2.72. The first-order valence-corrected chi connectivity index (χ1v) is 6.32. The van der Waals surface area contributed by atoms with Crippen LogP contribution >= 0.6 is 45.2 Å². The van der Waals surface area contributed by atoms with Gasteiger partial charge in [-0.15, -0.1) is 0 Å². The van der Waals surface area contributed by atoms with E-state index in [1.54, 1.807) is 0 Å². The highest BCUT2D eigenvalue weighted by Gasteiger charge is 2.07. The van der Waals surface area contributed by atoms with Crippen molar-refractivity contribution in [2.75, 3.05) is 20.6 Å². The summed E-state index contributed by atoms with van der Waals surface area (Å²) >= 11 is 4.77. The summed E-state index contributed by atoms with van der Waals surface area (Å²) in [6.07, 6.45) is 1.13. The minimum atomic E-state index is 1.12. The van der Waals surface area contributed by atoms with Gasteiger partial charge >= 0.3 is 0 Å². The van der Waals surface area contributed by atoms with Gasteiger partial charge in [0.25, 0.3) is 0 Å². The molecule has 1 rings (SSSR count). The molecule has 0 unspecified atom stereocenters. The molecule has 0 amide bonds. The third-order valence-corrected chi connectivity index (χ3v) is 5.19. The summed E-state index contributed by atoms with van der Waals surface area (Å²) < 4.78 is 4.97. The van der Waals surface area contributed by atoms with E-state index >= 15 is 0 Å². The number of hydrogen-bond acceptors (Lipinski definition) is 1. The van der Waals surface area contributed by atoms with E-state index in [1.807, 2.05) is 0 Å². The first-order chi connectivity index (χ1) is 6.02. The Bertz CT molecular complexity index is 292. The topological polar surface area (TPSA) is 8.17 Å². The van der Waals surface area contributed by atoms with Gasteiger partial charge in [-0.05, 0) is 65.3 Å². The molecule has 0 aromatic carbocycles. The molecule has 0 fully saturated rings. The molecule has 0 aliphatic heterocycles. The summed E-state index contributed by atoms with van der Waals surface area (Å²) in [5, 5.41) is 0. The zero-order valence-electron chi connectivity index (χ0n) is 8.14. The third kappa shape index (κ3) is 3.09. The Hall–Kier alpha value is 0.700. The van der Waals surface area contributed by atoms with Crippen molar-refractivity contribution in [3.8, 4) is 0 Å². The van der Waals surface area contributed by atoms with E-state index in [2.05, 4.69) is 81.9 Å². The minimum Gasteiger partial charge on any atom is -0.342 e. The molecule has 0 aliphatic carbocycles. The normalized spacial score (nSPS) is 11.2. The lowest BCUT2D eigenvalue weighted by Crippen LogP contribution is -2.16. The molecule has 13 heavy (non-hydrogen) atoms. The highest BCUT2D eigenvalue weighted by molar-refractivity contribution is 14.1. The highest BCUT2D eigenvalue weighted by atomic mass is 127. The second-order valence-corrected chi connectivity index (χ2v) is 5.57. The van der Waals surface area contributed by atoms with Crippen LogP contribution in [0.2, 0.25) is 0 Å². The van der Waals surface area contributed by atoms with Crippen LogP contribution in [0.3, 0.4) is 0 Å². The van der Waals surface area contributed by atoms with Gasteiger partial charge in [0.05, 0.1) is 3.70 Å². The molecule has 74 valence electrons. The van der Waals surface area contributed by atoms with Crippen LogP contribution in [0.5, 0.6) is 0 Å². The van der Waals surface area contributed by atoms with E-state index in [1.165, 1.54) is 13.0 Å². The Morgan fingerprint density at radius 1 is 1.38 bits per heavy atom. The van der Waals surface area contributed by atoms with Crippen LogP contribution in [0.4, 0.5) is 0 Å². The SMILES string of the molecule is CN(C)CCc1cc(I)c(I)n1C.